The molecule has 0 aliphatic heterocycles. The molecule has 4 nitrogen and oxygen atoms in total. The van der Waals surface area contributed by atoms with E-state index in [1.54, 1.807) is 0 Å². The molecule has 0 amide bonds. The van der Waals surface area contributed by atoms with Crippen molar-refractivity contribution in [1.82, 2.24) is 0 Å². The van der Waals surface area contributed by atoms with Crippen molar-refractivity contribution >= 4 is 23.1 Å². The van der Waals surface area contributed by atoms with Crippen LogP contribution in [0.25, 0.3) is 11.1 Å². The molecule has 190 valence electrons. The average molecular weight is 510 g/mol. The Kier molecular flexibility index (Phi) is 6.05. The first kappa shape index (κ1) is 25.5. The second-order valence-electron chi connectivity index (χ2n) is 8.69. The summed E-state index contributed by atoms with van der Waals surface area (Å²) in [6.45, 7) is 0. The van der Waals surface area contributed by atoms with Gasteiger partial charge in [-0.05, 0) is 59.4 Å². The van der Waals surface area contributed by atoms with E-state index in [0.29, 0.717) is 0 Å². The van der Waals surface area contributed by atoms with E-state index in [1.165, 1.54) is 36.4 Å². The fourth-order valence-corrected chi connectivity index (χ4v) is 4.98. The van der Waals surface area contributed by atoms with Crippen LogP contribution >= 0.6 is 0 Å². The van der Waals surface area contributed by atoms with E-state index in [0.717, 1.165) is 38.5 Å². The van der Waals surface area contributed by atoms with Crippen molar-refractivity contribution in [1.29, 1.82) is 0 Å². The zero-order valence-electron chi connectivity index (χ0n) is 19.1. The summed E-state index contributed by atoms with van der Waals surface area (Å²) in [6, 6.07) is 8.30. The fraction of sp³-hybridized carbons (Fsp3) is 0.308. The summed E-state index contributed by atoms with van der Waals surface area (Å²) >= 11 is 0. The van der Waals surface area contributed by atoms with Crippen molar-refractivity contribution in [2.45, 2.75) is 25.2 Å². The Hall–Kier alpha value is -3.56. The van der Waals surface area contributed by atoms with Crippen molar-refractivity contribution < 1.29 is 45.4 Å². The van der Waals surface area contributed by atoms with E-state index in [2.05, 4.69) is 0 Å². The molecule has 0 unspecified atom stereocenters. The number of methoxy groups -OCH3 is 2. The molecule has 2 aromatic carbocycles. The summed E-state index contributed by atoms with van der Waals surface area (Å²) in [5, 5.41) is 0. The standard InChI is InChI=1S/C26H20F6O4/c1-35-21(33)23-11-12-24(22(34)36-2,14-19(23)15-3-7-17(8-4-15)25(27,28)29)20(13-23)16-5-9-18(10-6-16)26(30,31)32/h3-10,13-14H,11-12H2,1-2H3/t23-,24-/m0/s1. The highest BCUT2D eigenvalue weighted by Gasteiger charge is 2.58. The van der Waals surface area contributed by atoms with E-state index >= 15 is 0 Å². The highest BCUT2D eigenvalue weighted by Crippen LogP contribution is 2.61. The Morgan fingerprint density at radius 2 is 0.944 bits per heavy atom. The molecule has 10 heteroatoms. The van der Waals surface area contributed by atoms with Crippen LogP contribution in [0.2, 0.25) is 0 Å². The van der Waals surface area contributed by atoms with Crippen LogP contribution in [0.3, 0.4) is 0 Å². The number of fused-ring (bicyclic) bond motifs is 1. The molecule has 0 N–H and O–H groups in total. The predicted molar refractivity (Wildman–Crippen MR) is 117 cm³/mol. The first-order chi connectivity index (χ1) is 16.8. The fourth-order valence-electron chi connectivity index (χ4n) is 4.98. The van der Waals surface area contributed by atoms with Crippen LogP contribution in [-0.4, -0.2) is 26.2 Å². The van der Waals surface area contributed by atoms with Gasteiger partial charge in [-0.15, -0.1) is 0 Å². The smallest absolute Gasteiger partial charge is 0.416 e. The summed E-state index contributed by atoms with van der Waals surface area (Å²) in [6.07, 6.45) is -6.05. The van der Waals surface area contributed by atoms with Gasteiger partial charge >= 0.3 is 24.3 Å². The number of esters is 2. The van der Waals surface area contributed by atoms with E-state index < -0.39 is 46.2 Å². The first-order valence-electron chi connectivity index (χ1n) is 10.8. The molecule has 2 bridgehead atoms. The maximum absolute atomic E-state index is 13.1. The lowest BCUT2D eigenvalue weighted by molar-refractivity contribution is -0.152. The van der Waals surface area contributed by atoms with E-state index in [-0.39, 0.29) is 35.1 Å². The van der Waals surface area contributed by atoms with Crippen LogP contribution in [0.4, 0.5) is 26.3 Å². The first-order valence-corrected chi connectivity index (χ1v) is 10.8. The lowest BCUT2D eigenvalue weighted by Gasteiger charge is -2.48. The van der Waals surface area contributed by atoms with Crippen molar-refractivity contribution in [3.63, 3.8) is 0 Å². The third-order valence-corrected chi connectivity index (χ3v) is 6.80. The Balaban J connectivity index is 1.92. The molecule has 2 aromatic rings. The van der Waals surface area contributed by atoms with E-state index in [4.69, 9.17) is 9.47 Å². The van der Waals surface area contributed by atoms with E-state index in [1.807, 2.05) is 0 Å². The SMILES string of the molecule is COC(=O)[C@@]12C=C(c3ccc(C(F)(F)F)cc3)[C@@](C(=O)OC)(C=C1c1ccc(C(F)(F)F)cc1)CC2. The van der Waals surface area contributed by atoms with Crippen molar-refractivity contribution in [2.75, 3.05) is 14.2 Å². The molecule has 0 aromatic heterocycles. The van der Waals surface area contributed by atoms with Gasteiger partial charge < -0.3 is 9.47 Å². The van der Waals surface area contributed by atoms with Crippen molar-refractivity contribution in [2.24, 2.45) is 10.8 Å². The molecule has 3 aliphatic carbocycles. The van der Waals surface area contributed by atoms with Crippen LogP contribution in [0.5, 0.6) is 0 Å². The van der Waals surface area contributed by atoms with Gasteiger partial charge in [0.1, 0.15) is 10.8 Å². The molecule has 0 saturated heterocycles. The van der Waals surface area contributed by atoms with Gasteiger partial charge in [0.2, 0.25) is 0 Å². The zero-order chi connectivity index (χ0) is 26.5. The monoisotopic (exact) mass is 510 g/mol. The van der Waals surface area contributed by atoms with Gasteiger partial charge in [0.25, 0.3) is 0 Å². The number of rotatable bonds is 4. The number of carbonyl (C=O) groups is 2. The Bertz CT molecular complexity index is 1160. The number of hydrogen-bond donors (Lipinski definition) is 0. The Morgan fingerprint density at radius 1 is 0.639 bits per heavy atom. The highest BCUT2D eigenvalue weighted by atomic mass is 19.4. The van der Waals surface area contributed by atoms with Crippen LogP contribution in [0.1, 0.15) is 35.1 Å². The third-order valence-electron chi connectivity index (χ3n) is 6.80. The molecule has 0 radical (unpaired) electrons. The number of halogens is 6. The number of carbonyl (C=O) groups excluding carboxylic acids is 2. The number of hydrogen-bond acceptors (Lipinski definition) is 4. The summed E-state index contributed by atoms with van der Waals surface area (Å²) < 4.78 is 88.6. The molecule has 2 atom stereocenters. The van der Waals surface area contributed by atoms with Gasteiger partial charge in [0, 0.05) is 0 Å². The average Bonchev–Trinajstić information content (AvgIpc) is 2.86. The van der Waals surface area contributed by atoms with Crippen LogP contribution in [0.15, 0.2) is 60.7 Å². The number of alkyl halides is 6. The van der Waals surface area contributed by atoms with Crippen LogP contribution < -0.4 is 0 Å². The molecule has 0 heterocycles. The van der Waals surface area contributed by atoms with Gasteiger partial charge in [0.05, 0.1) is 25.3 Å². The zero-order valence-corrected chi connectivity index (χ0v) is 19.1. The minimum Gasteiger partial charge on any atom is -0.468 e. The third kappa shape index (κ3) is 3.98. The van der Waals surface area contributed by atoms with E-state index in [9.17, 15) is 35.9 Å². The van der Waals surface area contributed by atoms with Crippen LogP contribution in [-0.2, 0) is 31.4 Å². The molecular weight excluding hydrogens is 490 g/mol. The minimum absolute atomic E-state index is 0.0752. The van der Waals surface area contributed by atoms with Gasteiger partial charge in [-0.2, -0.15) is 26.3 Å². The maximum atomic E-state index is 13.1. The number of benzene rings is 2. The van der Waals surface area contributed by atoms with Crippen molar-refractivity contribution in [3.05, 3.63) is 82.9 Å². The Labute approximate surface area is 202 Å². The molecule has 5 rings (SSSR count). The van der Waals surface area contributed by atoms with Gasteiger partial charge in [0.15, 0.2) is 0 Å². The lowest BCUT2D eigenvalue weighted by Crippen LogP contribution is -2.47. The number of ether oxygens (including phenoxy) is 2. The lowest BCUT2D eigenvalue weighted by atomic mass is 9.53. The van der Waals surface area contributed by atoms with Gasteiger partial charge in [-0.3, -0.25) is 9.59 Å². The molecule has 36 heavy (non-hydrogen) atoms. The second kappa shape index (κ2) is 8.53. The molecular formula is C26H20F6O4. The highest BCUT2D eigenvalue weighted by molar-refractivity contribution is 6.08. The maximum Gasteiger partial charge on any atom is 0.416 e. The van der Waals surface area contributed by atoms with Gasteiger partial charge in [-0.25, -0.2) is 0 Å². The largest absolute Gasteiger partial charge is 0.468 e. The van der Waals surface area contributed by atoms with Gasteiger partial charge in [-0.1, -0.05) is 36.4 Å². The van der Waals surface area contributed by atoms with Crippen LogP contribution in [0, 0.1) is 10.8 Å². The topological polar surface area (TPSA) is 52.6 Å². The second-order valence-corrected chi connectivity index (χ2v) is 8.69. The minimum atomic E-state index is -4.57. The molecule has 3 aliphatic rings. The summed E-state index contributed by atoms with van der Waals surface area (Å²) in [5.41, 5.74) is -3.66. The molecule has 0 fully saturated rings. The summed E-state index contributed by atoms with van der Waals surface area (Å²) in [5.74, 6) is -1.42. The quantitative estimate of drug-likeness (QED) is 0.357. The summed E-state index contributed by atoms with van der Waals surface area (Å²) in [4.78, 5) is 26.2. The Morgan fingerprint density at radius 3 is 1.19 bits per heavy atom. The molecule has 0 saturated carbocycles. The molecule has 0 spiro atoms. The summed E-state index contributed by atoms with van der Waals surface area (Å²) in [7, 11) is 2.31. The predicted octanol–water partition coefficient (Wildman–Crippen LogP) is 6.32. The van der Waals surface area contributed by atoms with Crippen molar-refractivity contribution in [3.8, 4) is 0 Å². The normalized spacial score (nSPS) is 23.6.